The first-order valence-electron chi connectivity index (χ1n) is 10.0. The molecule has 3 amide bonds. The summed E-state index contributed by atoms with van der Waals surface area (Å²) in [4.78, 5) is 31.2. The van der Waals surface area contributed by atoms with Crippen molar-refractivity contribution in [3.63, 3.8) is 0 Å². The quantitative estimate of drug-likeness (QED) is 0.371. The molecule has 3 saturated heterocycles. The lowest BCUT2D eigenvalue weighted by molar-refractivity contribution is -0.124. The normalized spacial score (nSPS) is 24.6. The summed E-state index contributed by atoms with van der Waals surface area (Å²) in [6.07, 6.45) is 4.72. The summed E-state index contributed by atoms with van der Waals surface area (Å²) in [7, 11) is 0. The zero-order valence-electron chi connectivity index (χ0n) is 16.1. The molecule has 27 heavy (non-hydrogen) atoms. The van der Waals surface area contributed by atoms with E-state index < -0.39 is 0 Å². The van der Waals surface area contributed by atoms with Crippen LogP contribution in [0, 0.1) is 0 Å². The number of hydrogen-bond acceptors (Lipinski definition) is 5. The fourth-order valence-corrected chi connectivity index (χ4v) is 3.62. The number of likely N-dealkylation sites (tertiary alicyclic amines) is 1. The largest absolute Gasteiger partial charge is 0.376 e. The number of urea groups is 1. The van der Waals surface area contributed by atoms with Crippen LogP contribution in [0.25, 0.3) is 0 Å². The lowest BCUT2D eigenvalue weighted by atomic mass is 10.1. The fourth-order valence-electron chi connectivity index (χ4n) is 3.62. The zero-order valence-corrected chi connectivity index (χ0v) is 16.1. The van der Waals surface area contributed by atoms with Crippen molar-refractivity contribution in [2.75, 3.05) is 52.5 Å². The third kappa shape index (κ3) is 5.55. The summed E-state index contributed by atoms with van der Waals surface area (Å²) in [5, 5.41) is 5.83. The predicted molar refractivity (Wildman–Crippen MR) is 101 cm³/mol. The molecule has 3 aliphatic rings. The summed E-state index contributed by atoms with van der Waals surface area (Å²) < 4.78 is 11.6. The van der Waals surface area contributed by atoms with E-state index in [1.54, 1.807) is 0 Å². The van der Waals surface area contributed by atoms with Crippen LogP contribution in [0.5, 0.6) is 0 Å². The number of ether oxygens (including phenoxy) is 2. The van der Waals surface area contributed by atoms with Crippen molar-refractivity contribution in [1.82, 2.24) is 20.4 Å². The Bertz CT molecular complexity index is 526. The molecule has 1 atom stereocenters. The highest BCUT2D eigenvalue weighted by molar-refractivity contribution is 6.01. The lowest BCUT2D eigenvalue weighted by Gasteiger charge is -2.34. The van der Waals surface area contributed by atoms with Crippen LogP contribution in [-0.4, -0.2) is 92.4 Å². The highest BCUT2D eigenvalue weighted by Crippen LogP contribution is 2.17. The molecule has 0 aromatic rings. The zero-order chi connectivity index (χ0) is 19.1. The number of piperidine rings is 1. The summed E-state index contributed by atoms with van der Waals surface area (Å²) in [5.74, 6) is 0.645. The van der Waals surface area contributed by atoms with Gasteiger partial charge in [-0.1, -0.05) is 0 Å². The molecule has 0 saturated carbocycles. The summed E-state index contributed by atoms with van der Waals surface area (Å²) in [6, 6.07) is -0.329. The molecule has 3 heterocycles. The molecule has 0 bridgehead atoms. The van der Waals surface area contributed by atoms with Crippen LogP contribution in [0.4, 0.5) is 4.79 Å². The number of aliphatic imine (C=N–C) groups is 1. The van der Waals surface area contributed by atoms with Crippen LogP contribution >= 0.6 is 0 Å². The Morgan fingerprint density at radius 3 is 2.78 bits per heavy atom. The number of nitrogens with zero attached hydrogens (tertiary/aromatic N) is 3. The minimum Gasteiger partial charge on any atom is -0.376 e. The van der Waals surface area contributed by atoms with Gasteiger partial charge in [-0.25, -0.2) is 4.79 Å². The first-order valence-corrected chi connectivity index (χ1v) is 10.0. The number of imide groups is 1. The van der Waals surface area contributed by atoms with Crippen LogP contribution in [0.3, 0.4) is 0 Å². The molecule has 3 aliphatic heterocycles. The first kappa shape index (κ1) is 19.9. The molecule has 9 heteroatoms. The van der Waals surface area contributed by atoms with Gasteiger partial charge in [0.05, 0.1) is 38.4 Å². The van der Waals surface area contributed by atoms with Gasteiger partial charge in [0, 0.05) is 26.2 Å². The van der Waals surface area contributed by atoms with Gasteiger partial charge in [-0.3, -0.25) is 14.7 Å². The maximum atomic E-state index is 11.6. The molecule has 152 valence electrons. The van der Waals surface area contributed by atoms with E-state index in [0.29, 0.717) is 19.7 Å². The standard InChI is InChI=1S/C18H31N5O4/c1-2-19-17(20-7-10-23-16(24)12-21-18(23)25)22-8-5-14(6-9-22)27-13-15-4-3-11-26-15/h14-15H,2-13H2,1H3,(H,19,20)(H,21,25). The molecule has 0 aromatic heterocycles. The van der Waals surface area contributed by atoms with E-state index in [2.05, 4.69) is 20.5 Å². The molecule has 1 unspecified atom stereocenters. The second-order valence-corrected chi connectivity index (χ2v) is 7.09. The van der Waals surface area contributed by atoms with Gasteiger partial charge in [-0.05, 0) is 32.6 Å². The van der Waals surface area contributed by atoms with Crippen molar-refractivity contribution in [1.29, 1.82) is 0 Å². The van der Waals surface area contributed by atoms with E-state index >= 15 is 0 Å². The minimum absolute atomic E-state index is 0.0853. The summed E-state index contributed by atoms with van der Waals surface area (Å²) in [5.41, 5.74) is 0. The predicted octanol–water partition coefficient (Wildman–Crippen LogP) is 0.164. The Hall–Kier alpha value is -1.87. The first-order chi connectivity index (χ1) is 13.2. The molecular formula is C18H31N5O4. The molecular weight excluding hydrogens is 350 g/mol. The molecule has 0 spiro atoms. The highest BCUT2D eigenvalue weighted by atomic mass is 16.5. The van der Waals surface area contributed by atoms with Gasteiger partial charge >= 0.3 is 6.03 Å². The molecule has 3 rings (SSSR count). The number of carbonyl (C=O) groups is 2. The van der Waals surface area contributed by atoms with E-state index in [9.17, 15) is 9.59 Å². The second-order valence-electron chi connectivity index (χ2n) is 7.09. The SMILES string of the molecule is CCNC(=NCCN1C(=O)CNC1=O)N1CCC(OCC2CCCO2)CC1. The fraction of sp³-hybridized carbons (Fsp3) is 0.833. The van der Waals surface area contributed by atoms with E-state index in [1.165, 1.54) is 4.90 Å². The molecule has 0 aromatic carbocycles. The Morgan fingerprint density at radius 2 is 2.15 bits per heavy atom. The van der Waals surface area contributed by atoms with E-state index in [4.69, 9.17) is 9.47 Å². The summed E-state index contributed by atoms with van der Waals surface area (Å²) in [6.45, 7) is 6.92. The van der Waals surface area contributed by atoms with E-state index in [0.717, 1.165) is 57.9 Å². The van der Waals surface area contributed by atoms with Crippen LogP contribution in [-0.2, 0) is 14.3 Å². The van der Waals surface area contributed by atoms with Crippen molar-refractivity contribution < 1.29 is 19.1 Å². The van der Waals surface area contributed by atoms with Crippen molar-refractivity contribution >= 4 is 17.9 Å². The average molecular weight is 381 g/mol. The van der Waals surface area contributed by atoms with E-state index in [-0.39, 0.29) is 30.7 Å². The minimum atomic E-state index is -0.329. The Kier molecular flexibility index (Phi) is 7.28. The van der Waals surface area contributed by atoms with Crippen LogP contribution in [0.15, 0.2) is 4.99 Å². The molecule has 0 aliphatic carbocycles. The Labute approximate surface area is 160 Å². The maximum absolute atomic E-state index is 11.6. The number of carbonyl (C=O) groups excluding carboxylic acids is 2. The monoisotopic (exact) mass is 381 g/mol. The smallest absolute Gasteiger partial charge is 0.324 e. The summed E-state index contributed by atoms with van der Waals surface area (Å²) >= 11 is 0. The van der Waals surface area contributed by atoms with Crippen LogP contribution < -0.4 is 10.6 Å². The molecule has 0 radical (unpaired) electrons. The topological polar surface area (TPSA) is 95.5 Å². The number of guanidine groups is 1. The van der Waals surface area contributed by atoms with Gasteiger partial charge in [-0.15, -0.1) is 0 Å². The highest BCUT2D eigenvalue weighted by Gasteiger charge is 2.28. The number of amides is 3. The van der Waals surface area contributed by atoms with Gasteiger partial charge in [0.2, 0.25) is 5.91 Å². The van der Waals surface area contributed by atoms with E-state index in [1.807, 2.05) is 6.92 Å². The molecule has 3 fully saturated rings. The second kappa shape index (κ2) is 9.89. The maximum Gasteiger partial charge on any atom is 0.324 e. The van der Waals surface area contributed by atoms with Gasteiger partial charge in [0.1, 0.15) is 0 Å². The van der Waals surface area contributed by atoms with Crippen molar-refractivity contribution in [2.45, 2.75) is 44.8 Å². The van der Waals surface area contributed by atoms with Crippen molar-refractivity contribution in [3.05, 3.63) is 0 Å². The number of rotatable bonds is 7. The van der Waals surface area contributed by atoms with Crippen molar-refractivity contribution in [3.8, 4) is 0 Å². The van der Waals surface area contributed by atoms with Crippen LogP contribution in [0.1, 0.15) is 32.6 Å². The van der Waals surface area contributed by atoms with Crippen LogP contribution in [0.2, 0.25) is 0 Å². The number of nitrogens with one attached hydrogen (secondary N) is 2. The average Bonchev–Trinajstić information content (AvgIpc) is 3.31. The Morgan fingerprint density at radius 1 is 1.33 bits per heavy atom. The Balaban J connectivity index is 1.42. The number of hydrogen-bond donors (Lipinski definition) is 2. The van der Waals surface area contributed by atoms with Gasteiger partial charge < -0.3 is 25.0 Å². The van der Waals surface area contributed by atoms with Gasteiger partial charge in [0.25, 0.3) is 0 Å². The molecule has 9 nitrogen and oxygen atoms in total. The van der Waals surface area contributed by atoms with Gasteiger partial charge in [0.15, 0.2) is 5.96 Å². The van der Waals surface area contributed by atoms with Crippen molar-refractivity contribution in [2.24, 2.45) is 4.99 Å². The van der Waals surface area contributed by atoms with Gasteiger partial charge in [-0.2, -0.15) is 0 Å². The molecule has 2 N–H and O–H groups in total. The third-order valence-corrected chi connectivity index (χ3v) is 5.14. The lowest BCUT2D eigenvalue weighted by Crippen LogP contribution is -2.47. The third-order valence-electron chi connectivity index (χ3n) is 5.14.